The molecule has 0 saturated carbocycles. The molecule has 1 aliphatic rings. The molecule has 14 heteroatoms. The molecule has 4 atom stereocenters. The highest BCUT2D eigenvalue weighted by Gasteiger charge is 2.37. The van der Waals surface area contributed by atoms with Crippen LogP contribution in [0.25, 0.3) is 0 Å². The van der Waals surface area contributed by atoms with E-state index in [-0.39, 0.29) is 52.9 Å². The predicted molar refractivity (Wildman–Crippen MR) is 91.1 cm³/mol. The van der Waals surface area contributed by atoms with Gasteiger partial charge in [0.2, 0.25) is 0 Å². The molecule has 0 amide bonds. The molecule has 2 unspecified atom stereocenters. The van der Waals surface area contributed by atoms with Crippen molar-refractivity contribution in [1.29, 1.82) is 0 Å². The van der Waals surface area contributed by atoms with Crippen molar-refractivity contribution >= 4 is 23.9 Å². The van der Waals surface area contributed by atoms with Gasteiger partial charge in [0.25, 0.3) is 0 Å². The van der Waals surface area contributed by atoms with E-state index < -0.39 is 48.3 Å². The van der Waals surface area contributed by atoms with Crippen molar-refractivity contribution in [2.45, 2.75) is 24.4 Å². The number of aliphatic carboxylic acids is 4. The summed E-state index contributed by atoms with van der Waals surface area (Å²) >= 11 is 0. The number of hydrogen-bond acceptors (Lipinski definition) is 10. The fourth-order valence-electron chi connectivity index (χ4n) is 2.29. The average Bonchev–Trinajstić information content (AvgIpc) is 2.66. The van der Waals surface area contributed by atoms with Gasteiger partial charge in [-0.2, -0.15) is 0 Å². The van der Waals surface area contributed by atoms with Crippen molar-refractivity contribution in [3.05, 3.63) is 0 Å². The minimum absolute atomic E-state index is 0.167. The topological polar surface area (TPSA) is 205 Å². The second-order valence-electron chi connectivity index (χ2n) is 5.74. The van der Waals surface area contributed by atoms with Gasteiger partial charge in [0, 0.05) is 0 Å². The molecule has 0 radical (unpaired) electrons. The molecule has 0 aromatic carbocycles. The summed E-state index contributed by atoms with van der Waals surface area (Å²) in [7, 11) is 0. The van der Waals surface area contributed by atoms with E-state index in [1.807, 2.05) is 0 Å². The largest absolute Gasteiger partial charge is 0.479 e. The molecular formula is C16H24O14. The van der Waals surface area contributed by atoms with E-state index in [0.717, 1.165) is 0 Å². The Kier molecular flexibility index (Phi) is 11.8. The van der Waals surface area contributed by atoms with E-state index in [0.29, 0.717) is 0 Å². The fraction of sp³-hybridized carbons (Fsp3) is 0.750. The van der Waals surface area contributed by atoms with Crippen LogP contribution in [0.1, 0.15) is 0 Å². The van der Waals surface area contributed by atoms with Gasteiger partial charge in [0.05, 0.1) is 52.9 Å². The van der Waals surface area contributed by atoms with Crippen LogP contribution in [0.4, 0.5) is 0 Å². The van der Waals surface area contributed by atoms with Gasteiger partial charge in [0.15, 0.2) is 24.4 Å². The molecule has 30 heavy (non-hydrogen) atoms. The van der Waals surface area contributed by atoms with Crippen LogP contribution in [0.2, 0.25) is 0 Å². The van der Waals surface area contributed by atoms with E-state index in [2.05, 4.69) is 0 Å². The molecule has 0 spiro atoms. The molecule has 0 bridgehead atoms. The van der Waals surface area contributed by atoms with Gasteiger partial charge in [-0.05, 0) is 0 Å². The smallest absolute Gasteiger partial charge is 0.336 e. The first kappa shape index (κ1) is 25.7. The molecule has 0 aromatic rings. The summed E-state index contributed by atoms with van der Waals surface area (Å²) in [6.45, 7) is -1.88. The molecule has 1 heterocycles. The standard InChI is InChI=1S/C16H24O14/c17-13(18)9-10(14(19)20)29-7-3-26-4-8-30-12(16(23)24)11(15(21)22)28-6-2-25-1-5-27-9/h9-12H,1-8H2,(H,17,18)(H,19,20)(H,21,22)(H,23,24)/t9-,10?,11?,12-/m1/s1. The van der Waals surface area contributed by atoms with Crippen LogP contribution in [-0.4, -0.2) is 122 Å². The van der Waals surface area contributed by atoms with Gasteiger partial charge < -0.3 is 48.8 Å². The van der Waals surface area contributed by atoms with Gasteiger partial charge >= 0.3 is 23.9 Å². The average molecular weight is 440 g/mol. The summed E-state index contributed by atoms with van der Waals surface area (Å²) in [5.41, 5.74) is 0. The Bertz CT molecular complexity index is 480. The molecule has 172 valence electrons. The third kappa shape index (κ3) is 8.98. The normalized spacial score (nSPS) is 28.5. The summed E-state index contributed by atoms with van der Waals surface area (Å²) in [5.74, 6) is -6.17. The van der Waals surface area contributed by atoms with Crippen molar-refractivity contribution in [2.24, 2.45) is 0 Å². The van der Waals surface area contributed by atoms with Crippen LogP contribution >= 0.6 is 0 Å². The van der Waals surface area contributed by atoms with Crippen molar-refractivity contribution < 1.29 is 68.0 Å². The maximum atomic E-state index is 11.3. The Morgan fingerprint density at radius 2 is 0.633 bits per heavy atom. The van der Waals surface area contributed by atoms with Gasteiger partial charge in [-0.3, -0.25) is 0 Å². The predicted octanol–water partition coefficient (Wildman–Crippen LogP) is -2.09. The zero-order valence-electron chi connectivity index (χ0n) is 15.8. The Hall–Kier alpha value is -2.36. The quantitative estimate of drug-likeness (QED) is 0.370. The first-order chi connectivity index (χ1) is 14.3. The Labute approximate surface area is 170 Å². The molecule has 0 aromatic heterocycles. The van der Waals surface area contributed by atoms with Crippen LogP contribution in [-0.2, 0) is 47.6 Å². The zero-order valence-corrected chi connectivity index (χ0v) is 15.8. The first-order valence-electron chi connectivity index (χ1n) is 8.78. The summed E-state index contributed by atoms with van der Waals surface area (Å²) in [6, 6.07) is 0. The maximum absolute atomic E-state index is 11.3. The molecule has 1 aliphatic heterocycles. The molecular weight excluding hydrogens is 416 g/mol. The minimum atomic E-state index is -1.79. The van der Waals surface area contributed by atoms with E-state index >= 15 is 0 Å². The van der Waals surface area contributed by atoms with Crippen LogP contribution in [0.5, 0.6) is 0 Å². The number of carboxylic acids is 4. The Morgan fingerprint density at radius 1 is 0.433 bits per heavy atom. The monoisotopic (exact) mass is 440 g/mol. The highest BCUT2D eigenvalue weighted by atomic mass is 16.6. The lowest BCUT2D eigenvalue weighted by Gasteiger charge is -2.23. The third-order valence-corrected chi connectivity index (χ3v) is 3.62. The number of carboxylic acid groups (broad SMARTS) is 4. The Morgan fingerprint density at radius 3 is 0.800 bits per heavy atom. The SMILES string of the molecule is O=C(O)C1OCCOCCO[C@@H](C(=O)O)C(C(=O)O)OCCOCCO[C@H]1C(=O)O. The van der Waals surface area contributed by atoms with Crippen LogP contribution in [0, 0.1) is 0 Å². The minimum Gasteiger partial charge on any atom is -0.479 e. The molecule has 4 N–H and O–H groups in total. The van der Waals surface area contributed by atoms with Crippen molar-refractivity contribution in [2.75, 3.05) is 52.9 Å². The second-order valence-corrected chi connectivity index (χ2v) is 5.74. The molecule has 1 saturated heterocycles. The van der Waals surface area contributed by atoms with Crippen molar-refractivity contribution in [3.63, 3.8) is 0 Å². The number of hydrogen-bond donors (Lipinski definition) is 4. The summed E-state index contributed by atoms with van der Waals surface area (Å²) in [4.78, 5) is 45.2. The van der Waals surface area contributed by atoms with Crippen molar-refractivity contribution in [3.8, 4) is 0 Å². The van der Waals surface area contributed by atoms with Gasteiger partial charge in [-0.25, -0.2) is 19.2 Å². The van der Waals surface area contributed by atoms with Crippen LogP contribution in [0.3, 0.4) is 0 Å². The third-order valence-electron chi connectivity index (χ3n) is 3.62. The zero-order chi connectivity index (χ0) is 22.5. The molecule has 0 aliphatic carbocycles. The van der Waals surface area contributed by atoms with E-state index in [1.165, 1.54) is 0 Å². The van der Waals surface area contributed by atoms with Gasteiger partial charge in [0.1, 0.15) is 0 Å². The van der Waals surface area contributed by atoms with Crippen LogP contribution in [0.15, 0.2) is 0 Å². The molecule has 14 nitrogen and oxygen atoms in total. The number of carbonyl (C=O) groups is 4. The lowest BCUT2D eigenvalue weighted by atomic mass is 10.2. The lowest BCUT2D eigenvalue weighted by molar-refractivity contribution is -0.183. The van der Waals surface area contributed by atoms with E-state index in [9.17, 15) is 39.6 Å². The maximum Gasteiger partial charge on any atom is 0.336 e. The molecule has 1 fully saturated rings. The van der Waals surface area contributed by atoms with Gasteiger partial charge in [-0.1, -0.05) is 0 Å². The van der Waals surface area contributed by atoms with Crippen LogP contribution < -0.4 is 0 Å². The van der Waals surface area contributed by atoms with Crippen molar-refractivity contribution in [1.82, 2.24) is 0 Å². The van der Waals surface area contributed by atoms with E-state index in [4.69, 9.17) is 28.4 Å². The fourth-order valence-corrected chi connectivity index (χ4v) is 2.29. The number of rotatable bonds is 4. The highest BCUT2D eigenvalue weighted by Crippen LogP contribution is 2.08. The first-order valence-corrected chi connectivity index (χ1v) is 8.78. The lowest BCUT2D eigenvalue weighted by Crippen LogP contribution is -2.45. The second kappa shape index (κ2) is 13.8. The summed E-state index contributed by atoms with van der Waals surface area (Å²) < 4.78 is 30.3. The van der Waals surface area contributed by atoms with Gasteiger partial charge in [-0.15, -0.1) is 0 Å². The Balaban J connectivity index is 2.77. The number of ether oxygens (including phenoxy) is 6. The molecule has 1 rings (SSSR count). The highest BCUT2D eigenvalue weighted by molar-refractivity contribution is 5.84. The summed E-state index contributed by atoms with van der Waals surface area (Å²) in [6.07, 6.45) is -7.18. The summed E-state index contributed by atoms with van der Waals surface area (Å²) in [5, 5.41) is 36.7. The van der Waals surface area contributed by atoms with E-state index in [1.54, 1.807) is 0 Å².